The molecule has 1 aliphatic rings. The van der Waals surface area contributed by atoms with Gasteiger partial charge in [0.15, 0.2) is 5.69 Å². The molecule has 0 atom stereocenters. The topological polar surface area (TPSA) is 92.2 Å². The number of hydrogen-bond donors (Lipinski definition) is 1. The van der Waals surface area contributed by atoms with Gasteiger partial charge in [0.2, 0.25) is 0 Å². The maximum absolute atomic E-state index is 12.8. The van der Waals surface area contributed by atoms with Crippen LogP contribution in [0.1, 0.15) is 16.3 Å². The Morgan fingerprint density at radius 2 is 1.90 bits per heavy atom. The molecule has 1 saturated heterocycles. The third-order valence-electron chi connectivity index (χ3n) is 5.47. The molecule has 1 aliphatic heterocycles. The van der Waals surface area contributed by atoms with Crippen LogP contribution in [0.4, 0.5) is 0 Å². The number of para-hydroxylation sites is 1. The first kappa shape index (κ1) is 19.3. The van der Waals surface area contributed by atoms with E-state index in [1.165, 1.54) is 11.0 Å². The van der Waals surface area contributed by atoms with Gasteiger partial charge in [0.1, 0.15) is 11.6 Å². The summed E-state index contributed by atoms with van der Waals surface area (Å²) in [6.45, 7) is 3.55. The van der Waals surface area contributed by atoms with Crippen molar-refractivity contribution in [3.63, 3.8) is 0 Å². The first-order valence-electron chi connectivity index (χ1n) is 10.2. The van der Waals surface area contributed by atoms with Gasteiger partial charge in [-0.25, -0.2) is 4.98 Å². The lowest BCUT2D eigenvalue weighted by Gasteiger charge is -2.33. The Bertz CT molecular complexity index is 1190. The number of carbonyl (C=O) groups is 1. The van der Waals surface area contributed by atoms with E-state index < -0.39 is 0 Å². The van der Waals surface area contributed by atoms with Gasteiger partial charge >= 0.3 is 0 Å². The standard InChI is InChI=1S/C22H23N7O2/c1-31-17-7-8-18-19(13-17)25-21(24-18)15-27-9-11-28(12-10-27)22(30)20-14-23-29(26-20)16-5-3-2-4-6-16/h2-8,13-14H,9-12,15H2,1H3,(H,24,25). The first-order valence-corrected chi connectivity index (χ1v) is 10.2. The molecule has 2 aromatic heterocycles. The number of nitrogens with zero attached hydrogens (tertiary/aromatic N) is 6. The highest BCUT2D eigenvalue weighted by molar-refractivity contribution is 5.92. The molecule has 5 rings (SSSR count). The molecule has 0 saturated carbocycles. The highest BCUT2D eigenvalue weighted by Crippen LogP contribution is 2.19. The highest BCUT2D eigenvalue weighted by Gasteiger charge is 2.24. The van der Waals surface area contributed by atoms with Crippen molar-refractivity contribution in [3.8, 4) is 11.4 Å². The summed E-state index contributed by atoms with van der Waals surface area (Å²) in [5.74, 6) is 1.63. The monoisotopic (exact) mass is 417 g/mol. The van der Waals surface area contributed by atoms with E-state index in [4.69, 9.17) is 4.74 Å². The Morgan fingerprint density at radius 1 is 1.10 bits per heavy atom. The Morgan fingerprint density at radius 3 is 2.68 bits per heavy atom. The number of carbonyl (C=O) groups excluding carboxylic acids is 1. The second-order valence-corrected chi connectivity index (χ2v) is 7.49. The van der Waals surface area contributed by atoms with Gasteiger partial charge in [0.05, 0.1) is 36.6 Å². The van der Waals surface area contributed by atoms with Crippen LogP contribution in [-0.4, -0.2) is 74.0 Å². The Hall–Kier alpha value is -3.72. The quantitative estimate of drug-likeness (QED) is 0.535. The van der Waals surface area contributed by atoms with E-state index in [0.717, 1.165) is 41.4 Å². The predicted molar refractivity (Wildman–Crippen MR) is 115 cm³/mol. The van der Waals surface area contributed by atoms with Crippen molar-refractivity contribution in [2.24, 2.45) is 0 Å². The van der Waals surface area contributed by atoms with Gasteiger partial charge in [-0.05, 0) is 24.3 Å². The van der Waals surface area contributed by atoms with Crippen LogP contribution >= 0.6 is 0 Å². The summed E-state index contributed by atoms with van der Waals surface area (Å²) in [6, 6.07) is 15.4. The van der Waals surface area contributed by atoms with E-state index in [1.54, 1.807) is 7.11 Å². The summed E-state index contributed by atoms with van der Waals surface area (Å²) < 4.78 is 5.27. The number of aromatic amines is 1. The summed E-state index contributed by atoms with van der Waals surface area (Å²) in [5, 5.41) is 8.59. The number of fused-ring (bicyclic) bond motifs is 1. The fraction of sp³-hybridized carbons (Fsp3) is 0.273. The number of imidazole rings is 1. The predicted octanol–water partition coefficient (Wildman–Crippen LogP) is 2.11. The van der Waals surface area contributed by atoms with Crippen LogP contribution in [0.25, 0.3) is 16.7 Å². The molecule has 4 aromatic rings. The van der Waals surface area contributed by atoms with Gasteiger partial charge in [-0.2, -0.15) is 9.90 Å². The first-order chi connectivity index (χ1) is 15.2. The number of hydrogen-bond acceptors (Lipinski definition) is 6. The lowest BCUT2D eigenvalue weighted by atomic mass is 10.3. The number of nitrogens with one attached hydrogen (secondary N) is 1. The zero-order chi connectivity index (χ0) is 21.2. The Balaban J connectivity index is 1.19. The van der Waals surface area contributed by atoms with Crippen LogP contribution in [0.3, 0.4) is 0 Å². The van der Waals surface area contributed by atoms with Crippen molar-refractivity contribution in [2.75, 3.05) is 33.3 Å². The molecule has 9 heteroatoms. The lowest BCUT2D eigenvalue weighted by Crippen LogP contribution is -2.48. The molecule has 9 nitrogen and oxygen atoms in total. The smallest absolute Gasteiger partial charge is 0.276 e. The minimum absolute atomic E-state index is 0.0855. The van der Waals surface area contributed by atoms with Crippen LogP contribution < -0.4 is 4.74 Å². The van der Waals surface area contributed by atoms with Gasteiger partial charge in [-0.1, -0.05) is 18.2 Å². The summed E-state index contributed by atoms with van der Waals surface area (Å²) in [4.78, 5) is 26.5. The maximum Gasteiger partial charge on any atom is 0.276 e. The summed E-state index contributed by atoms with van der Waals surface area (Å²) in [5.41, 5.74) is 3.08. The zero-order valence-electron chi connectivity index (χ0n) is 17.2. The number of H-pyrrole nitrogens is 1. The molecule has 0 spiro atoms. The SMILES string of the molecule is COc1ccc2nc(CN3CCN(C(=O)c4cnn(-c5ccccc5)n4)CC3)[nH]c2c1. The van der Waals surface area contributed by atoms with Crippen molar-refractivity contribution in [1.82, 2.24) is 34.8 Å². The van der Waals surface area contributed by atoms with Crippen molar-refractivity contribution in [2.45, 2.75) is 6.54 Å². The van der Waals surface area contributed by atoms with E-state index in [0.29, 0.717) is 25.3 Å². The molecule has 1 N–H and O–H groups in total. The lowest BCUT2D eigenvalue weighted by molar-refractivity contribution is 0.0619. The molecule has 0 bridgehead atoms. The molecular formula is C22H23N7O2. The molecule has 158 valence electrons. The van der Waals surface area contributed by atoms with E-state index in [2.05, 4.69) is 25.1 Å². The number of benzene rings is 2. The van der Waals surface area contributed by atoms with Crippen LogP contribution in [0.5, 0.6) is 5.75 Å². The minimum atomic E-state index is -0.0855. The van der Waals surface area contributed by atoms with E-state index >= 15 is 0 Å². The van der Waals surface area contributed by atoms with Gasteiger partial charge in [-0.3, -0.25) is 9.69 Å². The minimum Gasteiger partial charge on any atom is -0.497 e. The van der Waals surface area contributed by atoms with E-state index in [-0.39, 0.29) is 5.91 Å². The summed E-state index contributed by atoms with van der Waals surface area (Å²) in [7, 11) is 1.65. The third kappa shape index (κ3) is 3.99. The molecule has 2 aromatic carbocycles. The fourth-order valence-electron chi connectivity index (χ4n) is 3.77. The van der Waals surface area contributed by atoms with Crippen molar-refractivity contribution in [3.05, 3.63) is 66.2 Å². The Kier molecular flexibility index (Phi) is 5.09. The second kappa shape index (κ2) is 8.19. The normalized spacial score (nSPS) is 14.8. The number of aromatic nitrogens is 5. The molecule has 0 aliphatic carbocycles. The van der Waals surface area contributed by atoms with Gasteiger partial charge in [0.25, 0.3) is 5.91 Å². The maximum atomic E-state index is 12.8. The van der Waals surface area contributed by atoms with Crippen LogP contribution in [0.15, 0.2) is 54.7 Å². The molecule has 0 radical (unpaired) electrons. The van der Waals surface area contributed by atoms with Gasteiger partial charge in [0, 0.05) is 32.2 Å². The zero-order valence-corrected chi connectivity index (χ0v) is 17.2. The molecular weight excluding hydrogens is 394 g/mol. The Labute approximate surface area is 179 Å². The van der Waals surface area contributed by atoms with Crippen molar-refractivity contribution >= 4 is 16.9 Å². The molecule has 0 unspecified atom stereocenters. The molecule has 3 heterocycles. The van der Waals surface area contributed by atoms with Crippen LogP contribution in [0, 0.1) is 0 Å². The van der Waals surface area contributed by atoms with Gasteiger partial charge in [-0.15, -0.1) is 5.10 Å². The largest absolute Gasteiger partial charge is 0.497 e. The van der Waals surface area contributed by atoms with Crippen molar-refractivity contribution in [1.29, 1.82) is 0 Å². The number of amides is 1. The average molecular weight is 417 g/mol. The van der Waals surface area contributed by atoms with E-state index in [9.17, 15) is 4.79 Å². The number of methoxy groups -OCH3 is 1. The van der Waals surface area contributed by atoms with Crippen LogP contribution in [-0.2, 0) is 6.54 Å². The number of ether oxygens (including phenoxy) is 1. The van der Waals surface area contributed by atoms with Crippen molar-refractivity contribution < 1.29 is 9.53 Å². The van der Waals surface area contributed by atoms with Gasteiger partial charge < -0.3 is 14.6 Å². The van der Waals surface area contributed by atoms with E-state index in [1.807, 2.05) is 53.4 Å². The number of piperazine rings is 1. The van der Waals surface area contributed by atoms with Crippen LogP contribution in [0.2, 0.25) is 0 Å². The fourth-order valence-corrected chi connectivity index (χ4v) is 3.77. The number of rotatable bonds is 5. The molecule has 1 amide bonds. The second-order valence-electron chi connectivity index (χ2n) is 7.49. The summed E-state index contributed by atoms with van der Waals surface area (Å²) in [6.07, 6.45) is 1.53. The highest BCUT2D eigenvalue weighted by atomic mass is 16.5. The summed E-state index contributed by atoms with van der Waals surface area (Å²) >= 11 is 0. The molecule has 1 fully saturated rings. The molecule has 31 heavy (non-hydrogen) atoms. The average Bonchev–Trinajstić information content (AvgIpc) is 3.46. The third-order valence-corrected chi connectivity index (χ3v) is 5.47.